The van der Waals surface area contributed by atoms with Crippen LogP contribution in [-0.2, 0) is 0 Å². The van der Waals surface area contributed by atoms with Gasteiger partial charge in [-0.2, -0.15) is 0 Å². The predicted octanol–water partition coefficient (Wildman–Crippen LogP) is 3.75. The van der Waals surface area contributed by atoms with Gasteiger partial charge in [0.1, 0.15) is 5.75 Å². The molecule has 0 unspecified atom stereocenters. The summed E-state index contributed by atoms with van der Waals surface area (Å²) in [7, 11) is 0. The van der Waals surface area contributed by atoms with Gasteiger partial charge >= 0.3 is 0 Å². The molecule has 0 radical (unpaired) electrons. The van der Waals surface area contributed by atoms with Crippen LogP contribution >= 0.6 is 0 Å². The maximum absolute atomic E-state index is 8.87. The number of aliphatic hydroxyl groups is 1. The van der Waals surface area contributed by atoms with Crippen molar-refractivity contribution in [2.75, 3.05) is 13.2 Å². The van der Waals surface area contributed by atoms with Crippen molar-refractivity contribution in [3.8, 4) is 17.6 Å². The molecule has 0 atom stereocenters. The third-order valence-electron chi connectivity index (χ3n) is 3.10. The molecule has 2 aromatic rings. The van der Waals surface area contributed by atoms with Crippen molar-refractivity contribution in [3.63, 3.8) is 0 Å². The highest BCUT2D eigenvalue weighted by atomic mass is 16.5. The summed E-state index contributed by atoms with van der Waals surface area (Å²) in [5.41, 5.74) is 0.924. The predicted molar refractivity (Wildman–Crippen MR) is 82.9 cm³/mol. The molecule has 2 rings (SSSR count). The summed E-state index contributed by atoms with van der Waals surface area (Å²) in [6.07, 6.45) is 2.63. The molecule has 20 heavy (non-hydrogen) atoms. The summed E-state index contributed by atoms with van der Waals surface area (Å²) in [6.45, 7) is 2.94. The number of ether oxygens (including phenoxy) is 1. The highest BCUT2D eigenvalue weighted by molar-refractivity contribution is 5.90. The molecule has 0 amide bonds. The Labute approximate surface area is 120 Å². The Bertz CT molecular complexity index is 620. The Balaban J connectivity index is 2.40. The molecule has 0 saturated carbocycles. The molecule has 1 N–H and O–H groups in total. The van der Waals surface area contributed by atoms with Crippen LogP contribution in [0.25, 0.3) is 10.8 Å². The molecule has 0 aliphatic heterocycles. The number of aliphatic hydroxyl groups excluding tert-OH is 1. The van der Waals surface area contributed by atoms with Gasteiger partial charge in [0.15, 0.2) is 0 Å². The molecule has 2 nitrogen and oxygen atoms in total. The summed E-state index contributed by atoms with van der Waals surface area (Å²) < 4.78 is 5.85. The minimum absolute atomic E-state index is 0.0871. The minimum atomic E-state index is 0.0871. The van der Waals surface area contributed by atoms with E-state index in [0.717, 1.165) is 34.9 Å². The molecular formula is C18H20O2. The fourth-order valence-corrected chi connectivity index (χ4v) is 2.03. The normalized spacial score (nSPS) is 10.1. The molecule has 0 aliphatic rings. The number of hydrogen-bond donors (Lipinski definition) is 1. The van der Waals surface area contributed by atoms with E-state index < -0.39 is 0 Å². The van der Waals surface area contributed by atoms with Crippen LogP contribution in [0.15, 0.2) is 36.4 Å². The fourth-order valence-electron chi connectivity index (χ4n) is 2.03. The van der Waals surface area contributed by atoms with Crippen LogP contribution in [0.4, 0.5) is 0 Å². The van der Waals surface area contributed by atoms with Crippen LogP contribution in [0.1, 0.15) is 31.7 Å². The van der Waals surface area contributed by atoms with Gasteiger partial charge in [-0.25, -0.2) is 0 Å². The van der Waals surface area contributed by atoms with E-state index in [9.17, 15) is 0 Å². The lowest BCUT2D eigenvalue weighted by Gasteiger charge is -2.10. The number of unbranched alkanes of at least 4 members (excludes halogenated alkanes) is 1. The number of benzene rings is 2. The first-order valence-electron chi connectivity index (χ1n) is 7.11. The molecular weight excluding hydrogens is 248 g/mol. The fraction of sp³-hybridized carbons (Fsp3) is 0.333. The molecule has 0 aliphatic carbocycles. The van der Waals surface area contributed by atoms with Gasteiger partial charge in [-0.15, -0.1) is 0 Å². The van der Waals surface area contributed by atoms with Gasteiger partial charge in [0.25, 0.3) is 0 Å². The van der Waals surface area contributed by atoms with Crippen molar-refractivity contribution in [1.29, 1.82) is 0 Å². The van der Waals surface area contributed by atoms with E-state index in [0.29, 0.717) is 13.0 Å². The Morgan fingerprint density at radius 1 is 1.15 bits per heavy atom. The lowest BCUT2D eigenvalue weighted by atomic mass is 10.0. The van der Waals surface area contributed by atoms with E-state index in [1.165, 1.54) is 0 Å². The first-order chi connectivity index (χ1) is 9.86. The molecule has 104 valence electrons. The second-order valence-electron chi connectivity index (χ2n) is 4.64. The molecule has 0 heterocycles. The summed E-state index contributed by atoms with van der Waals surface area (Å²) >= 11 is 0. The van der Waals surface area contributed by atoms with Crippen molar-refractivity contribution in [2.24, 2.45) is 0 Å². The van der Waals surface area contributed by atoms with Gasteiger partial charge in [-0.3, -0.25) is 0 Å². The van der Waals surface area contributed by atoms with Gasteiger partial charge < -0.3 is 9.84 Å². The largest absolute Gasteiger partial charge is 0.492 e. The van der Waals surface area contributed by atoms with E-state index in [1.54, 1.807) is 0 Å². The molecule has 2 heteroatoms. The second-order valence-corrected chi connectivity index (χ2v) is 4.64. The van der Waals surface area contributed by atoms with E-state index >= 15 is 0 Å². The highest BCUT2D eigenvalue weighted by Crippen LogP contribution is 2.27. The van der Waals surface area contributed by atoms with E-state index in [2.05, 4.69) is 37.0 Å². The zero-order valence-electron chi connectivity index (χ0n) is 11.9. The summed E-state index contributed by atoms with van der Waals surface area (Å²) in [4.78, 5) is 0. The third-order valence-corrected chi connectivity index (χ3v) is 3.10. The molecule has 0 aromatic heterocycles. The lowest BCUT2D eigenvalue weighted by molar-refractivity contribution is 0.305. The SMILES string of the molecule is CCCCOc1ccc2ccccc2c1C#CCCO. The van der Waals surface area contributed by atoms with E-state index in [1.807, 2.05) is 18.2 Å². The molecule has 2 aromatic carbocycles. The summed E-state index contributed by atoms with van der Waals surface area (Å²) in [5.74, 6) is 6.98. The smallest absolute Gasteiger partial charge is 0.135 e. The van der Waals surface area contributed by atoms with Gasteiger partial charge in [0.05, 0.1) is 18.8 Å². The van der Waals surface area contributed by atoms with Crippen molar-refractivity contribution < 1.29 is 9.84 Å². The third kappa shape index (κ3) is 3.53. The van der Waals surface area contributed by atoms with E-state index in [-0.39, 0.29) is 6.61 Å². The Morgan fingerprint density at radius 2 is 2.00 bits per heavy atom. The van der Waals surface area contributed by atoms with Crippen molar-refractivity contribution in [1.82, 2.24) is 0 Å². The number of hydrogen-bond acceptors (Lipinski definition) is 2. The zero-order chi connectivity index (χ0) is 14.2. The van der Waals surface area contributed by atoms with Crippen LogP contribution < -0.4 is 4.74 Å². The molecule has 0 spiro atoms. The van der Waals surface area contributed by atoms with Crippen molar-refractivity contribution in [3.05, 3.63) is 42.0 Å². The zero-order valence-corrected chi connectivity index (χ0v) is 11.9. The Morgan fingerprint density at radius 3 is 2.80 bits per heavy atom. The van der Waals surface area contributed by atoms with Gasteiger partial charge in [-0.1, -0.05) is 55.5 Å². The van der Waals surface area contributed by atoms with Crippen LogP contribution in [0.3, 0.4) is 0 Å². The van der Waals surface area contributed by atoms with Crippen LogP contribution in [0.5, 0.6) is 5.75 Å². The van der Waals surface area contributed by atoms with Crippen LogP contribution in [-0.4, -0.2) is 18.3 Å². The average Bonchev–Trinajstić information content (AvgIpc) is 2.49. The quantitative estimate of drug-likeness (QED) is 0.661. The lowest BCUT2D eigenvalue weighted by Crippen LogP contribution is -1.99. The standard InChI is InChI=1S/C18H20O2/c1-2-3-14-20-18-12-11-15-8-4-5-9-16(15)17(18)10-6-7-13-19/h4-5,8-9,11-12,19H,2-3,7,13-14H2,1H3. The van der Waals surface area contributed by atoms with Crippen LogP contribution in [0, 0.1) is 11.8 Å². The first kappa shape index (κ1) is 14.4. The molecule has 0 saturated heterocycles. The number of rotatable bonds is 5. The van der Waals surface area contributed by atoms with Crippen molar-refractivity contribution in [2.45, 2.75) is 26.2 Å². The minimum Gasteiger partial charge on any atom is -0.492 e. The maximum atomic E-state index is 8.87. The second kappa shape index (κ2) is 7.57. The summed E-state index contributed by atoms with van der Waals surface area (Å²) in [5, 5.41) is 11.1. The number of fused-ring (bicyclic) bond motifs is 1. The van der Waals surface area contributed by atoms with Crippen molar-refractivity contribution >= 4 is 10.8 Å². The summed E-state index contributed by atoms with van der Waals surface area (Å²) in [6, 6.07) is 12.2. The molecule has 0 fully saturated rings. The first-order valence-corrected chi connectivity index (χ1v) is 7.11. The van der Waals surface area contributed by atoms with Gasteiger partial charge in [0.2, 0.25) is 0 Å². The monoisotopic (exact) mass is 268 g/mol. The van der Waals surface area contributed by atoms with Gasteiger partial charge in [-0.05, 0) is 17.9 Å². The molecule has 0 bridgehead atoms. The maximum Gasteiger partial charge on any atom is 0.135 e. The average molecular weight is 268 g/mol. The van der Waals surface area contributed by atoms with Gasteiger partial charge in [0, 0.05) is 11.8 Å². The Kier molecular flexibility index (Phi) is 5.46. The topological polar surface area (TPSA) is 29.5 Å². The Hall–Kier alpha value is -1.98. The highest BCUT2D eigenvalue weighted by Gasteiger charge is 2.06. The van der Waals surface area contributed by atoms with E-state index in [4.69, 9.17) is 9.84 Å². The van der Waals surface area contributed by atoms with Crippen LogP contribution in [0.2, 0.25) is 0 Å².